The zero-order chi connectivity index (χ0) is 9.10. The van der Waals surface area contributed by atoms with Gasteiger partial charge < -0.3 is 9.84 Å². The van der Waals surface area contributed by atoms with E-state index in [1.54, 1.807) is 0 Å². The van der Waals surface area contributed by atoms with Gasteiger partial charge in [0.2, 0.25) is 0 Å². The van der Waals surface area contributed by atoms with Crippen LogP contribution in [0.5, 0.6) is 0 Å². The van der Waals surface area contributed by atoms with Gasteiger partial charge in [-0.1, -0.05) is 12.8 Å². The molecule has 1 saturated carbocycles. The summed E-state index contributed by atoms with van der Waals surface area (Å²) in [6.07, 6.45) is 8.54. The maximum absolute atomic E-state index is 9.66. The zero-order valence-electron chi connectivity index (χ0n) is 8.24. The number of hydrogen-bond acceptors (Lipinski definition) is 2. The molecule has 2 heteroatoms. The number of aliphatic hydroxyl groups excluding tert-OH is 1. The Morgan fingerprint density at radius 2 is 2.15 bits per heavy atom. The normalized spacial score (nSPS) is 30.7. The molecule has 1 aliphatic carbocycles. The van der Waals surface area contributed by atoms with E-state index in [9.17, 15) is 5.11 Å². The van der Waals surface area contributed by atoms with Gasteiger partial charge in [-0.15, -0.1) is 0 Å². The van der Waals surface area contributed by atoms with Crippen LogP contribution in [-0.2, 0) is 4.74 Å². The van der Waals surface area contributed by atoms with Gasteiger partial charge in [-0.2, -0.15) is 0 Å². The van der Waals surface area contributed by atoms with Crippen LogP contribution in [0.2, 0.25) is 0 Å². The SMILES string of the molecule is OC(CCC1CCCO1)CC1CC1. The van der Waals surface area contributed by atoms with Crippen LogP contribution in [0.25, 0.3) is 0 Å². The smallest absolute Gasteiger partial charge is 0.0577 e. The van der Waals surface area contributed by atoms with Gasteiger partial charge in [0, 0.05) is 6.61 Å². The summed E-state index contributed by atoms with van der Waals surface area (Å²) in [6.45, 7) is 0.934. The van der Waals surface area contributed by atoms with E-state index < -0.39 is 0 Å². The molecule has 1 aliphatic heterocycles. The Hall–Kier alpha value is -0.0800. The molecule has 2 rings (SSSR count). The first-order valence-electron chi connectivity index (χ1n) is 5.64. The molecule has 13 heavy (non-hydrogen) atoms. The fraction of sp³-hybridized carbons (Fsp3) is 1.00. The first kappa shape index (κ1) is 9.47. The Labute approximate surface area is 80.3 Å². The minimum absolute atomic E-state index is 0.0586. The second kappa shape index (κ2) is 4.43. The Morgan fingerprint density at radius 1 is 1.31 bits per heavy atom. The number of ether oxygens (including phenoxy) is 1. The molecule has 2 unspecified atom stereocenters. The van der Waals surface area contributed by atoms with Crippen LogP contribution in [0, 0.1) is 5.92 Å². The lowest BCUT2D eigenvalue weighted by molar-refractivity contribution is 0.0773. The van der Waals surface area contributed by atoms with Crippen LogP contribution in [0.15, 0.2) is 0 Å². The molecule has 1 saturated heterocycles. The van der Waals surface area contributed by atoms with Crippen LogP contribution >= 0.6 is 0 Å². The molecule has 0 radical (unpaired) electrons. The molecule has 1 heterocycles. The summed E-state index contributed by atoms with van der Waals surface area (Å²) in [6, 6.07) is 0. The van der Waals surface area contributed by atoms with Gasteiger partial charge in [0.1, 0.15) is 0 Å². The van der Waals surface area contributed by atoms with Gasteiger partial charge in [0.05, 0.1) is 12.2 Å². The number of hydrogen-bond donors (Lipinski definition) is 1. The molecule has 0 aromatic carbocycles. The zero-order valence-corrected chi connectivity index (χ0v) is 8.24. The van der Waals surface area contributed by atoms with Gasteiger partial charge in [0.15, 0.2) is 0 Å². The third-order valence-electron chi connectivity index (χ3n) is 3.15. The van der Waals surface area contributed by atoms with E-state index in [1.165, 1.54) is 25.7 Å². The highest BCUT2D eigenvalue weighted by Gasteiger charge is 2.25. The van der Waals surface area contributed by atoms with Crippen molar-refractivity contribution in [1.29, 1.82) is 0 Å². The van der Waals surface area contributed by atoms with Gasteiger partial charge in [-0.3, -0.25) is 0 Å². The maximum Gasteiger partial charge on any atom is 0.0577 e. The van der Waals surface area contributed by atoms with E-state index in [2.05, 4.69) is 0 Å². The molecule has 1 N–H and O–H groups in total. The lowest BCUT2D eigenvalue weighted by atomic mass is 10.0. The summed E-state index contributed by atoms with van der Waals surface area (Å²) in [5, 5.41) is 9.66. The predicted molar refractivity (Wildman–Crippen MR) is 51.6 cm³/mol. The van der Waals surface area contributed by atoms with Crippen LogP contribution in [0.4, 0.5) is 0 Å². The van der Waals surface area contributed by atoms with E-state index in [0.29, 0.717) is 6.10 Å². The summed E-state index contributed by atoms with van der Waals surface area (Å²) >= 11 is 0. The monoisotopic (exact) mass is 184 g/mol. The van der Waals surface area contributed by atoms with E-state index in [4.69, 9.17) is 4.74 Å². The summed E-state index contributed by atoms with van der Waals surface area (Å²) < 4.78 is 5.51. The second-order valence-corrected chi connectivity index (χ2v) is 4.55. The average molecular weight is 184 g/mol. The van der Waals surface area contributed by atoms with Gasteiger partial charge >= 0.3 is 0 Å². The average Bonchev–Trinajstić information content (AvgIpc) is 2.78. The molecule has 0 bridgehead atoms. The molecule has 0 aromatic rings. The second-order valence-electron chi connectivity index (χ2n) is 4.55. The minimum Gasteiger partial charge on any atom is -0.393 e. The van der Waals surface area contributed by atoms with Crippen LogP contribution in [0.1, 0.15) is 44.9 Å². The Balaban J connectivity index is 1.54. The Kier molecular flexibility index (Phi) is 3.23. The van der Waals surface area contributed by atoms with Crippen molar-refractivity contribution >= 4 is 0 Å². The molecule has 0 aromatic heterocycles. The summed E-state index contributed by atoms with van der Waals surface area (Å²) in [5.74, 6) is 0.847. The van der Waals surface area contributed by atoms with E-state index in [0.717, 1.165) is 31.8 Å². The van der Waals surface area contributed by atoms with E-state index in [1.807, 2.05) is 0 Å². The molecule has 0 spiro atoms. The highest BCUT2D eigenvalue weighted by molar-refractivity contribution is 4.77. The van der Waals surface area contributed by atoms with Crippen molar-refractivity contribution in [3.63, 3.8) is 0 Å². The molecule has 2 nitrogen and oxygen atoms in total. The molecule has 2 fully saturated rings. The minimum atomic E-state index is -0.0586. The van der Waals surface area contributed by atoms with Crippen LogP contribution < -0.4 is 0 Å². The fourth-order valence-electron chi connectivity index (χ4n) is 2.11. The van der Waals surface area contributed by atoms with Gasteiger partial charge in [-0.25, -0.2) is 0 Å². The van der Waals surface area contributed by atoms with Gasteiger partial charge in [-0.05, 0) is 38.0 Å². The van der Waals surface area contributed by atoms with Crippen molar-refractivity contribution < 1.29 is 9.84 Å². The van der Waals surface area contributed by atoms with Crippen molar-refractivity contribution in [3.05, 3.63) is 0 Å². The molecule has 0 amide bonds. The third kappa shape index (κ3) is 3.28. The highest BCUT2D eigenvalue weighted by atomic mass is 16.5. The standard InChI is InChI=1S/C11H20O2/c12-10(8-9-3-4-9)5-6-11-2-1-7-13-11/h9-12H,1-8H2. The number of rotatable bonds is 5. The van der Waals surface area contributed by atoms with Gasteiger partial charge in [0.25, 0.3) is 0 Å². The van der Waals surface area contributed by atoms with E-state index >= 15 is 0 Å². The molecule has 76 valence electrons. The predicted octanol–water partition coefficient (Wildman–Crippen LogP) is 2.11. The van der Waals surface area contributed by atoms with Crippen molar-refractivity contribution in [2.75, 3.05) is 6.61 Å². The van der Waals surface area contributed by atoms with E-state index in [-0.39, 0.29) is 6.10 Å². The van der Waals surface area contributed by atoms with Crippen LogP contribution in [0.3, 0.4) is 0 Å². The lowest BCUT2D eigenvalue weighted by Gasteiger charge is -2.13. The first-order valence-corrected chi connectivity index (χ1v) is 5.64. The lowest BCUT2D eigenvalue weighted by Crippen LogP contribution is -2.13. The molecular weight excluding hydrogens is 164 g/mol. The maximum atomic E-state index is 9.66. The van der Waals surface area contributed by atoms with Crippen molar-refractivity contribution in [1.82, 2.24) is 0 Å². The first-order chi connectivity index (χ1) is 6.34. The Morgan fingerprint density at radius 3 is 2.77 bits per heavy atom. The molecule has 2 atom stereocenters. The topological polar surface area (TPSA) is 29.5 Å². The highest BCUT2D eigenvalue weighted by Crippen LogP contribution is 2.34. The van der Waals surface area contributed by atoms with Crippen LogP contribution in [-0.4, -0.2) is 23.9 Å². The summed E-state index contributed by atoms with van der Waals surface area (Å²) in [4.78, 5) is 0. The quantitative estimate of drug-likeness (QED) is 0.709. The molecular formula is C11H20O2. The largest absolute Gasteiger partial charge is 0.393 e. The van der Waals surface area contributed by atoms with Crippen molar-refractivity contribution in [2.45, 2.75) is 57.2 Å². The Bertz CT molecular complexity index is 148. The summed E-state index contributed by atoms with van der Waals surface area (Å²) in [5.41, 5.74) is 0. The fourth-order valence-corrected chi connectivity index (χ4v) is 2.11. The van der Waals surface area contributed by atoms with Crippen molar-refractivity contribution in [3.8, 4) is 0 Å². The summed E-state index contributed by atoms with van der Waals surface area (Å²) in [7, 11) is 0. The van der Waals surface area contributed by atoms with Crippen molar-refractivity contribution in [2.24, 2.45) is 5.92 Å². The molecule has 2 aliphatic rings. The number of aliphatic hydroxyl groups is 1. The third-order valence-corrected chi connectivity index (χ3v) is 3.15.